The van der Waals surface area contributed by atoms with E-state index in [0.29, 0.717) is 0 Å². The van der Waals surface area contributed by atoms with Crippen molar-refractivity contribution in [1.82, 2.24) is 0 Å². The van der Waals surface area contributed by atoms with Crippen LogP contribution in [0.5, 0.6) is 0 Å². The third-order valence-corrected chi connectivity index (χ3v) is 3.97. The molecule has 0 nitrogen and oxygen atoms in total. The summed E-state index contributed by atoms with van der Waals surface area (Å²) in [5.74, 6) is 2.20. The molecule has 2 rings (SSSR count). The van der Waals surface area contributed by atoms with Gasteiger partial charge in [0.25, 0.3) is 0 Å². The number of fused-ring (bicyclic) bond motifs is 2. The Morgan fingerprint density at radius 1 is 1.50 bits per heavy atom. The lowest BCUT2D eigenvalue weighted by molar-refractivity contribution is 0.204. The van der Waals surface area contributed by atoms with Crippen molar-refractivity contribution >= 4 is 0 Å². The quantitative estimate of drug-likeness (QED) is 0.522. The van der Waals surface area contributed by atoms with Crippen LogP contribution < -0.4 is 0 Å². The summed E-state index contributed by atoms with van der Waals surface area (Å²) in [5, 5.41) is 0. The maximum absolute atomic E-state index is 2.51. The molecular formula is C10H18. The minimum Gasteiger partial charge on any atom is -0.0651 e. The molecule has 2 aliphatic rings. The minimum absolute atomic E-state index is 0.777. The lowest BCUT2D eigenvalue weighted by Gasteiger charge is -2.30. The van der Waals surface area contributed by atoms with Gasteiger partial charge in [0.2, 0.25) is 0 Å². The standard InChI is InChI=1S/C10H18/c1-3-9-6-8-4-5-10(9,2)7-8/h8-9H,3-7H2,1-2H3. The predicted molar refractivity (Wildman–Crippen MR) is 43.8 cm³/mol. The van der Waals surface area contributed by atoms with E-state index in [1.54, 1.807) is 12.8 Å². The summed E-state index contributed by atoms with van der Waals surface area (Å²) in [5.41, 5.74) is 0.777. The molecule has 3 unspecified atom stereocenters. The molecule has 0 spiro atoms. The molecule has 2 aliphatic carbocycles. The summed E-state index contributed by atoms with van der Waals surface area (Å²) in [4.78, 5) is 0. The second kappa shape index (κ2) is 1.99. The minimum atomic E-state index is 0.777. The molecule has 58 valence electrons. The second-order valence-corrected chi connectivity index (χ2v) is 4.60. The maximum atomic E-state index is 2.51. The van der Waals surface area contributed by atoms with Crippen molar-refractivity contribution in [2.45, 2.75) is 46.0 Å². The topological polar surface area (TPSA) is 0 Å². The average Bonchev–Trinajstić information content (AvgIpc) is 2.41. The molecule has 0 aromatic heterocycles. The molecule has 2 saturated carbocycles. The largest absolute Gasteiger partial charge is 0.0651 e. The monoisotopic (exact) mass is 138 g/mol. The third-order valence-electron chi connectivity index (χ3n) is 3.97. The molecule has 0 aromatic rings. The summed E-state index contributed by atoms with van der Waals surface area (Å²) in [6, 6.07) is 0. The van der Waals surface area contributed by atoms with Crippen molar-refractivity contribution in [1.29, 1.82) is 0 Å². The predicted octanol–water partition coefficient (Wildman–Crippen LogP) is 3.22. The average molecular weight is 138 g/mol. The van der Waals surface area contributed by atoms with Crippen LogP contribution in [0.25, 0.3) is 0 Å². The number of hydrogen-bond donors (Lipinski definition) is 0. The van der Waals surface area contributed by atoms with Crippen molar-refractivity contribution in [3.8, 4) is 0 Å². The van der Waals surface area contributed by atoms with E-state index < -0.39 is 0 Å². The summed E-state index contributed by atoms with van der Waals surface area (Å²) >= 11 is 0. The highest BCUT2D eigenvalue weighted by Gasteiger charge is 2.47. The van der Waals surface area contributed by atoms with Gasteiger partial charge in [-0.1, -0.05) is 20.3 Å². The molecule has 0 radical (unpaired) electrons. The number of hydrogen-bond acceptors (Lipinski definition) is 0. The Morgan fingerprint density at radius 2 is 2.30 bits per heavy atom. The van der Waals surface area contributed by atoms with Gasteiger partial charge in [0, 0.05) is 0 Å². The molecule has 0 heterocycles. The molecular weight excluding hydrogens is 120 g/mol. The van der Waals surface area contributed by atoms with E-state index in [0.717, 1.165) is 17.3 Å². The fourth-order valence-electron chi connectivity index (χ4n) is 3.32. The Morgan fingerprint density at radius 3 is 2.60 bits per heavy atom. The van der Waals surface area contributed by atoms with Gasteiger partial charge in [-0.3, -0.25) is 0 Å². The molecule has 0 saturated heterocycles. The van der Waals surface area contributed by atoms with Crippen LogP contribution in [0.2, 0.25) is 0 Å². The van der Waals surface area contributed by atoms with Gasteiger partial charge in [0.1, 0.15) is 0 Å². The molecule has 2 fully saturated rings. The lowest BCUT2D eigenvalue weighted by atomic mass is 9.75. The fraction of sp³-hybridized carbons (Fsp3) is 1.00. The van der Waals surface area contributed by atoms with E-state index in [2.05, 4.69) is 13.8 Å². The first-order valence-corrected chi connectivity index (χ1v) is 4.74. The van der Waals surface area contributed by atoms with Crippen molar-refractivity contribution in [2.75, 3.05) is 0 Å². The van der Waals surface area contributed by atoms with Crippen molar-refractivity contribution in [3.05, 3.63) is 0 Å². The summed E-state index contributed by atoms with van der Waals surface area (Å²) in [7, 11) is 0. The van der Waals surface area contributed by atoms with E-state index in [1.807, 2.05) is 0 Å². The first-order valence-electron chi connectivity index (χ1n) is 4.74. The molecule has 0 aliphatic heterocycles. The second-order valence-electron chi connectivity index (χ2n) is 4.60. The number of rotatable bonds is 1. The third kappa shape index (κ3) is 0.741. The van der Waals surface area contributed by atoms with Crippen LogP contribution in [0.15, 0.2) is 0 Å². The molecule has 0 amide bonds. The Balaban J connectivity index is 2.14. The maximum Gasteiger partial charge on any atom is -0.0295 e. The molecule has 2 bridgehead atoms. The van der Waals surface area contributed by atoms with Gasteiger partial charge in [0.15, 0.2) is 0 Å². The smallest absolute Gasteiger partial charge is 0.0295 e. The van der Waals surface area contributed by atoms with Gasteiger partial charge < -0.3 is 0 Å². The van der Waals surface area contributed by atoms with E-state index in [-0.39, 0.29) is 0 Å². The first kappa shape index (κ1) is 6.69. The summed E-state index contributed by atoms with van der Waals surface area (Å²) in [6.45, 7) is 4.87. The Hall–Kier alpha value is 0. The van der Waals surface area contributed by atoms with E-state index in [4.69, 9.17) is 0 Å². The van der Waals surface area contributed by atoms with Gasteiger partial charge in [-0.2, -0.15) is 0 Å². The Bertz CT molecular complexity index is 139. The van der Waals surface area contributed by atoms with Crippen LogP contribution in [-0.4, -0.2) is 0 Å². The van der Waals surface area contributed by atoms with Crippen molar-refractivity contribution < 1.29 is 0 Å². The van der Waals surface area contributed by atoms with Crippen LogP contribution in [0.3, 0.4) is 0 Å². The Kier molecular flexibility index (Phi) is 1.33. The van der Waals surface area contributed by atoms with Crippen LogP contribution in [0.4, 0.5) is 0 Å². The van der Waals surface area contributed by atoms with E-state index in [9.17, 15) is 0 Å². The Labute approximate surface area is 64.0 Å². The normalized spacial score (nSPS) is 52.2. The molecule has 0 aromatic carbocycles. The highest BCUT2D eigenvalue weighted by Crippen LogP contribution is 2.58. The highest BCUT2D eigenvalue weighted by molar-refractivity contribution is 4.97. The van der Waals surface area contributed by atoms with Gasteiger partial charge in [0.05, 0.1) is 0 Å². The molecule has 0 heteroatoms. The summed E-state index contributed by atoms with van der Waals surface area (Å²) < 4.78 is 0. The van der Waals surface area contributed by atoms with Crippen LogP contribution in [0.1, 0.15) is 46.0 Å². The highest BCUT2D eigenvalue weighted by atomic mass is 14.5. The first-order chi connectivity index (χ1) is 4.74. The zero-order chi connectivity index (χ0) is 7.19. The van der Waals surface area contributed by atoms with E-state index in [1.165, 1.54) is 19.3 Å². The zero-order valence-corrected chi connectivity index (χ0v) is 7.19. The van der Waals surface area contributed by atoms with Crippen LogP contribution in [-0.2, 0) is 0 Å². The lowest BCUT2D eigenvalue weighted by Crippen LogP contribution is -2.20. The van der Waals surface area contributed by atoms with Crippen LogP contribution in [0, 0.1) is 17.3 Å². The van der Waals surface area contributed by atoms with Crippen molar-refractivity contribution in [2.24, 2.45) is 17.3 Å². The zero-order valence-electron chi connectivity index (χ0n) is 7.19. The van der Waals surface area contributed by atoms with Gasteiger partial charge in [-0.05, 0) is 42.9 Å². The van der Waals surface area contributed by atoms with Crippen molar-refractivity contribution in [3.63, 3.8) is 0 Å². The molecule has 3 atom stereocenters. The van der Waals surface area contributed by atoms with E-state index >= 15 is 0 Å². The fourth-order valence-corrected chi connectivity index (χ4v) is 3.32. The molecule has 0 N–H and O–H groups in total. The van der Waals surface area contributed by atoms with Gasteiger partial charge in [-0.15, -0.1) is 0 Å². The molecule has 10 heavy (non-hydrogen) atoms. The van der Waals surface area contributed by atoms with Gasteiger partial charge in [-0.25, -0.2) is 0 Å². The van der Waals surface area contributed by atoms with Gasteiger partial charge >= 0.3 is 0 Å². The summed E-state index contributed by atoms with van der Waals surface area (Å²) in [6.07, 6.45) is 7.58. The SMILES string of the molecule is CCC1CC2CCC1(C)C2. The van der Waals surface area contributed by atoms with Crippen LogP contribution >= 0.6 is 0 Å².